The highest BCUT2D eigenvalue weighted by Crippen LogP contribution is 2.34. The van der Waals surface area contributed by atoms with E-state index in [0.29, 0.717) is 11.4 Å². The molecule has 3 rings (SSSR count). The van der Waals surface area contributed by atoms with Crippen LogP contribution in [-0.2, 0) is 0 Å². The summed E-state index contributed by atoms with van der Waals surface area (Å²) in [6, 6.07) is 12.9. The minimum absolute atomic E-state index is 0.592. The zero-order chi connectivity index (χ0) is 17.8. The summed E-state index contributed by atoms with van der Waals surface area (Å²) in [5.74, 6) is 1.43. The largest absolute Gasteiger partial charge is 0.497 e. The molecule has 3 aromatic rings. The first kappa shape index (κ1) is 16.9. The van der Waals surface area contributed by atoms with Gasteiger partial charge in [-0.3, -0.25) is 0 Å². The van der Waals surface area contributed by atoms with E-state index in [-0.39, 0.29) is 0 Å². The van der Waals surface area contributed by atoms with Gasteiger partial charge in [0.25, 0.3) is 5.69 Å². The first-order chi connectivity index (χ1) is 12.1. The lowest BCUT2D eigenvalue weighted by atomic mass is 10.1. The van der Waals surface area contributed by atoms with Gasteiger partial charge in [0, 0.05) is 38.8 Å². The number of rotatable bonds is 6. The van der Waals surface area contributed by atoms with Crippen LogP contribution in [-0.4, -0.2) is 31.0 Å². The lowest BCUT2D eigenvalue weighted by molar-refractivity contribution is -0.428. The van der Waals surface area contributed by atoms with Gasteiger partial charge in [0.2, 0.25) is 0 Å². The summed E-state index contributed by atoms with van der Waals surface area (Å²) >= 11 is 1.48. The smallest absolute Gasteiger partial charge is 0.256 e. The SMILES string of the molecule is COc1ccc(OC)c(Nc2nc(-c3cccc([N+](C)=O)c3)cs2)c1. The second-order valence-corrected chi connectivity index (χ2v) is 6.14. The van der Waals surface area contributed by atoms with E-state index in [1.807, 2.05) is 41.8 Å². The summed E-state index contributed by atoms with van der Waals surface area (Å²) in [6.45, 7) is 0. The van der Waals surface area contributed by atoms with Crippen LogP contribution in [0.15, 0.2) is 47.8 Å². The van der Waals surface area contributed by atoms with Crippen molar-refractivity contribution in [2.45, 2.75) is 0 Å². The van der Waals surface area contributed by atoms with Crippen molar-refractivity contribution in [2.75, 3.05) is 26.6 Å². The van der Waals surface area contributed by atoms with Crippen LogP contribution in [0.3, 0.4) is 0 Å². The average molecular weight is 356 g/mol. The molecule has 1 N–H and O–H groups in total. The molecule has 0 radical (unpaired) electrons. The monoisotopic (exact) mass is 356 g/mol. The number of anilines is 2. The summed E-state index contributed by atoms with van der Waals surface area (Å²) < 4.78 is 11.5. The highest BCUT2D eigenvalue weighted by atomic mass is 32.1. The summed E-state index contributed by atoms with van der Waals surface area (Å²) in [5.41, 5.74) is 3.06. The Balaban J connectivity index is 1.87. The number of thiazole rings is 1. The van der Waals surface area contributed by atoms with Crippen molar-refractivity contribution in [1.29, 1.82) is 0 Å². The molecule has 0 saturated heterocycles. The van der Waals surface area contributed by atoms with Gasteiger partial charge >= 0.3 is 0 Å². The van der Waals surface area contributed by atoms with Crippen molar-refractivity contribution in [3.63, 3.8) is 0 Å². The van der Waals surface area contributed by atoms with Gasteiger partial charge in [0.1, 0.15) is 11.5 Å². The zero-order valence-corrected chi connectivity index (χ0v) is 15.0. The van der Waals surface area contributed by atoms with Gasteiger partial charge in [-0.15, -0.1) is 11.3 Å². The summed E-state index contributed by atoms with van der Waals surface area (Å²) in [6.07, 6.45) is 0. The van der Waals surface area contributed by atoms with Crippen LogP contribution in [0.4, 0.5) is 16.5 Å². The molecule has 7 heteroatoms. The summed E-state index contributed by atoms with van der Waals surface area (Å²) in [7, 11) is 4.71. The number of benzene rings is 2. The zero-order valence-electron chi connectivity index (χ0n) is 14.1. The molecule has 2 aromatic carbocycles. The number of ether oxygens (including phenoxy) is 2. The van der Waals surface area contributed by atoms with Crippen molar-refractivity contribution in [3.05, 3.63) is 52.8 Å². The third-order valence-corrected chi connectivity index (χ3v) is 4.42. The quantitative estimate of drug-likeness (QED) is 0.653. The molecular formula is C18H18N3O3S+. The molecule has 25 heavy (non-hydrogen) atoms. The lowest BCUT2D eigenvalue weighted by Gasteiger charge is -2.10. The van der Waals surface area contributed by atoms with E-state index in [1.165, 1.54) is 18.4 Å². The summed E-state index contributed by atoms with van der Waals surface area (Å²) in [4.78, 5) is 16.1. The van der Waals surface area contributed by atoms with Crippen molar-refractivity contribution in [2.24, 2.45) is 0 Å². The lowest BCUT2D eigenvalue weighted by Crippen LogP contribution is -1.95. The Morgan fingerprint density at radius 3 is 2.68 bits per heavy atom. The minimum atomic E-state index is 0.592. The Bertz CT molecular complexity index is 908. The molecule has 6 nitrogen and oxygen atoms in total. The highest BCUT2D eigenvalue weighted by molar-refractivity contribution is 7.14. The number of hydrogen-bond acceptors (Lipinski definition) is 6. The Hall–Kier alpha value is -2.93. The van der Waals surface area contributed by atoms with E-state index >= 15 is 0 Å². The molecule has 0 unspecified atom stereocenters. The number of aromatic nitrogens is 1. The minimum Gasteiger partial charge on any atom is -0.497 e. The maximum Gasteiger partial charge on any atom is 0.256 e. The van der Waals surface area contributed by atoms with Gasteiger partial charge in [-0.25, -0.2) is 4.98 Å². The fourth-order valence-electron chi connectivity index (χ4n) is 2.35. The van der Waals surface area contributed by atoms with Gasteiger partial charge in [-0.1, -0.05) is 12.1 Å². The Labute approximate surface area is 149 Å². The van der Waals surface area contributed by atoms with E-state index in [0.717, 1.165) is 32.6 Å². The first-order valence-electron chi connectivity index (χ1n) is 7.56. The normalized spacial score (nSPS) is 10.4. The van der Waals surface area contributed by atoms with Gasteiger partial charge in [-0.2, -0.15) is 0 Å². The van der Waals surface area contributed by atoms with Crippen LogP contribution < -0.4 is 14.8 Å². The van der Waals surface area contributed by atoms with Crippen LogP contribution in [0.1, 0.15) is 0 Å². The molecular weight excluding hydrogens is 338 g/mol. The molecule has 0 fully saturated rings. The first-order valence-corrected chi connectivity index (χ1v) is 8.44. The van der Waals surface area contributed by atoms with Crippen LogP contribution >= 0.6 is 11.3 Å². The number of nitroso groups, excluding NO2 is 1. The van der Waals surface area contributed by atoms with E-state index in [9.17, 15) is 4.91 Å². The molecule has 0 spiro atoms. The molecule has 0 amide bonds. The fourth-order valence-corrected chi connectivity index (χ4v) is 3.08. The number of hydrogen-bond donors (Lipinski definition) is 1. The van der Waals surface area contributed by atoms with Crippen molar-refractivity contribution in [3.8, 4) is 22.8 Å². The number of methoxy groups -OCH3 is 2. The van der Waals surface area contributed by atoms with Gasteiger partial charge in [0.05, 0.1) is 25.6 Å². The van der Waals surface area contributed by atoms with E-state index < -0.39 is 0 Å². The maximum atomic E-state index is 11.5. The third kappa shape index (κ3) is 3.77. The number of nitrogens with zero attached hydrogens (tertiary/aromatic N) is 2. The molecule has 1 aromatic heterocycles. The van der Waals surface area contributed by atoms with Crippen LogP contribution in [0, 0.1) is 4.91 Å². The predicted octanol–water partition coefficient (Wildman–Crippen LogP) is 4.61. The van der Waals surface area contributed by atoms with E-state index in [4.69, 9.17) is 9.47 Å². The number of nitrogens with one attached hydrogen (secondary N) is 1. The average Bonchev–Trinajstić information content (AvgIpc) is 3.10. The second kappa shape index (κ2) is 7.31. The molecule has 1 heterocycles. The molecule has 0 aliphatic heterocycles. The summed E-state index contributed by atoms with van der Waals surface area (Å²) in [5, 5.41) is 5.92. The van der Waals surface area contributed by atoms with Crippen molar-refractivity contribution < 1.29 is 14.2 Å². The molecule has 0 bridgehead atoms. The highest BCUT2D eigenvalue weighted by Gasteiger charge is 2.12. The van der Waals surface area contributed by atoms with E-state index in [1.54, 1.807) is 20.3 Å². The van der Waals surface area contributed by atoms with Crippen LogP contribution in [0.5, 0.6) is 11.5 Å². The topological polar surface area (TPSA) is 63.5 Å². The molecule has 0 aliphatic rings. The van der Waals surface area contributed by atoms with Crippen molar-refractivity contribution in [1.82, 2.24) is 4.98 Å². The van der Waals surface area contributed by atoms with Gasteiger partial charge in [-0.05, 0) is 12.1 Å². The maximum absolute atomic E-state index is 11.5. The molecule has 0 aliphatic carbocycles. The Morgan fingerprint density at radius 2 is 1.96 bits per heavy atom. The molecule has 128 valence electrons. The molecule has 0 saturated carbocycles. The standard InChI is InChI=1S/C18H18N3O3S/c1-21(22)13-6-4-5-12(9-13)16-11-25-18(20-16)19-15-10-14(23-2)7-8-17(15)24-3/h4-11H,1-3H3,(H,19,20)/q+1. The Kier molecular flexibility index (Phi) is 4.95. The van der Waals surface area contributed by atoms with Crippen molar-refractivity contribution >= 4 is 27.8 Å². The van der Waals surface area contributed by atoms with Gasteiger partial charge in [0.15, 0.2) is 12.2 Å². The fraction of sp³-hybridized carbons (Fsp3) is 0.167. The Morgan fingerprint density at radius 1 is 1.12 bits per heavy atom. The third-order valence-electron chi connectivity index (χ3n) is 3.66. The predicted molar refractivity (Wildman–Crippen MR) is 99.6 cm³/mol. The van der Waals surface area contributed by atoms with Crippen LogP contribution in [0.25, 0.3) is 11.3 Å². The van der Waals surface area contributed by atoms with Gasteiger partial charge < -0.3 is 14.8 Å². The van der Waals surface area contributed by atoms with E-state index in [2.05, 4.69) is 10.3 Å². The molecule has 0 atom stereocenters. The van der Waals surface area contributed by atoms with Crippen LogP contribution in [0.2, 0.25) is 0 Å². The second-order valence-electron chi connectivity index (χ2n) is 5.28.